The molecule has 0 saturated heterocycles. The Morgan fingerprint density at radius 3 is 1.32 bits per heavy atom. The fourth-order valence-corrected chi connectivity index (χ4v) is 4.20. The average Bonchev–Trinajstić information content (AvgIpc) is 2.85. The van der Waals surface area contributed by atoms with Crippen LogP contribution >= 0.6 is 0 Å². The van der Waals surface area contributed by atoms with Gasteiger partial charge in [-0.1, -0.05) is 48.5 Å². The van der Waals surface area contributed by atoms with Gasteiger partial charge >= 0.3 is 0 Å². The molecule has 0 saturated carbocycles. The molecule has 6 heteroatoms. The maximum absolute atomic E-state index is 13.0. The number of H-pyrrole nitrogens is 2. The first-order valence-electron chi connectivity index (χ1n) is 11.0. The number of aromatic nitrogens is 2. The zero-order valence-corrected chi connectivity index (χ0v) is 19.0. The van der Waals surface area contributed by atoms with Gasteiger partial charge in [0, 0.05) is 48.5 Å². The van der Waals surface area contributed by atoms with Gasteiger partial charge in [-0.15, -0.1) is 0 Å². The number of aromatic amines is 2. The van der Waals surface area contributed by atoms with E-state index in [1.807, 2.05) is 48.5 Å². The van der Waals surface area contributed by atoms with E-state index < -0.39 is 0 Å². The smallest absolute Gasteiger partial charge is 0.190 e. The van der Waals surface area contributed by atoms with E-state index in [1.54, 1.807) is 38.5 Å². The third-order valence-corrected chi connectivity index (χ3v) is 5.93. The predicted molar refractivity (Wildman–Crippen MR) is 135 cm³/mol. The largest absolute Gasteiger partial charge is 0.380 e. The Bertz CT molecular complexity index is 1470. The van der Waals surface area contributed by atoms with Crippen LogP contribution in [0, 0.1) is 0 Å². The van der Waals surface area contributed by atoms with Crippen molar-refractivity contribution >= 4 is 21.8 Å². The number of nitrogens with one attached hydrogen (secondary N) is 2. The van der Waals surface area contributed by atoms with Crippen LogP contribution in [0.1, 0.15) is 11.1 Å². The minimum Gasteiger partial charge on any atom is -0.380 e. The molecule has 0 bridgehead atoms. The summed E-state index contributed by atoms with van der Waals surface area (Å²) in [5, 5.41) is 1.05. The number of rotatable bonds is 6. The predicted octanol–water partition coefficient (Wildman–Crippen LogP) is 5.00. The third kappa shape index (κ3) is 4.17. The number of hydrogen-bond acceptors (Lipinski definition) is 4. The summed E-state index contributed by atoms with van der Waals surface area (Å²) in [7, 11) is 3.31. The molecule has 34 heavy (non-hydrogen) atoms. The summed E-state index contributed by atoms with van der Waals surface area (Å²) in [6.45, 7) is 1.06. The highest BCUT2D eigenvalue weighted by molar-refractivity contribution is 5.96. The van der Waals surface area contributed by atoms with Crippen LogP contribution in [-0.4, -0.2) is 24.2 Å². The molecular weight excluding hydrogens is 428 g/mol. The normalized spacial score (nSPS) is 11.4. The van der Waals surface area contributed by atoms with Gasteiger partial charge in [0.25, 0.3) is 0 Å². The lowest BCUT2D eigenvalue weighted by Gasteiger charge is -2.09. The quantitative estimate of drug-likeness (QED) is 0.355. The Labute approximate surface area is 195 Å². The second-order valence-corrected chi connectivity index (χ2v) is 8.30. The van der Waals surface area contributed by atoms with Crippen molar-refractivity contribution in [3.05, 3.63) is 104 Å². The number of pyridine rings is 2. The van der Waals surface area contributed by atoms with Crippen molar-refractivity contribution in [3.8, 4) is 22.5 Å². The first kappa shape index (κ1) is 21.8. The van der Waals surface area contributed by atoms with Gasteiger partial charge in [0.05, 0.1) is 24.2 Å². The van der Waals surface area contributed by atoms with Gasteiger partial charge in [0.2, 0.25) is 0 Å². The molecule has 0 amide bonds. The zero-order chi connectivity index (χ0) is 23.7. The van der Waals surface area contributed by atoms with Crippen molar-refractivity contribution < 1.29 is 9.47 Å². The molecule has 0 atom stereocenters. The molecule has 2 aromatic heterocycles. The number of fused-ring (bicyclic) bond motifs is 2. The second kappa shape index (κ2) is 9.09. The summed E-state index contributed by atoms with van der Waals surface area (Å²) in [5.74, 6) is 0. The first-order valence-corrected chi connectivity index (χ1v) is 11.0. The maximum Gasteiger partial charge on any atom is 0.190 e. The maximum atomic E-state index is 13.0. The van der Waals surface area contributed by atoms with Gasteiger partial charge in [-0.2, -0.15) is 0 Å². The van der Waals surface area contributed by atoms with Crippen molar-refractivity contribution in [3.63, 3.8) is 0 Å². The highest BCUT2D eigenvalue weighted by atomic mass is 16.5. The van der Waals surface area contributed by atoms with E-state index in [9.17, 15) is 9.59 Å². The van der Waals surface area contributed by atoms with Crippen LogP contribution in [0.5, 0.6) is 0 Å². The average molecular weight is 453 g/mol. The monoisotopic (exact) mass is 452 g/mol. The van der Waals surface area contributed by atoms with Crippen molar-refractivity contribution in [2.45, 2.75) is 13.2 Å². The number of ether oxygens (including phenoxy) is 2. The van der Waals surface area contributed by atoms with Crippen molar-refractivity contribution in [2.24, 2.45) is 0 Å². The Morgan fingerprint density at radius 2 is 0.971 bits per heavy atom. The van der Waals surface area contributed by atoms with E-state index in [0.29, 0.717) is 46.4 Å². The fourth-order valence-electron chi connectivity index (χ4n) is 4.20. The zero-order valence-electron chi connectivity index (χ0n) is 19.0. The number of methoxy groups -OCH3 is 2. The summed E-state index contributed by atoms with van der Waals surface area (Å²) in [6.07, 6.45) is 0. The SMILES string of the molecule is COCc1ccc(-c2cc(=O)c3cc4[nH]c(-c5ccc(COC)cc5)cc(=O)c4cc3[nH]2)cc1. The van der Waals surface area contributed by atoms with Crippen LogP contribution in [0.4, 0.5) is 0 Å². The molecule has 0 aliphatic carbocycles. The van der Waals surface area contributed by atoms with E-state index in [1.165, 1.54) is 0 Å². The minimum absolute atomic E-state index is 0.109. The van der Waals surface area contributed by atoms with E-state index in [4.69, 9.17) is 9.47 Å². The van der Waals surface area contributed by atoms with Crippen LogP contribution in [0.15, 0.2) is 82.4 Å². The van der Waals surface area contributed by atoms with Crippen LogP contribution in [0.3, 0.4) is 0 Å². The summed E-state index contributed by atoms with van der Waals surface area (Å²) in [6, 6.07) is 22.3. The van der Waals surface area contributed by atoms with E-state index >= 15 is 0 Å². The second-order valence-electron chi connectivity index (χ2n) is 8.30. The van der Waals surface area contributed by atoms with Crippen molar-refractivity contribution in [1.29, 1.82) is 0 Å². The molecule has 2 heterocycles. The minimum atomic E-state index is -0.109. The Morgan fingerprint density at radius 1 is 0.588 bits per heavy atom. The van der Waals surface area contributed by atoms with Gasteiger partial charge < -0.3 is 19.4 Å². The molecule has 6 nitrogen and oxygen atoms in total. The Balaban J connectivity index is 1.59. The Hall–Kier alpha value is -4.00. The molecule has 0 unspecified atom stereocenters. The molecule has 0 fully saturated rings. The highest BCUT2D eigenvalue weighted by Crippen LogP contribution is 2.24. The summed E-state index contributed by atoms with van der Waals surface area (Å²) in [4.78, 5) is 32.6. The van der Waals surface area contributed by atoms with Gasteiger partial charge in [-0.05, 0) is 34.4 Å². The molecular formula is C28H24N2O4. The number of hydrogen-bond donors (Lipinski definition) is 2. The van der Waals surface area contributed by atoms with Crippen LogP contribution in [0.2, 0.25) is 0 Å². The molecule has 0 aliphatic rings. The van der Waals surface area contributed by atoms with Crippen LogP contribution < -0.4 is 10.9 Å². The van der Waals surface area contributed by atoms with Crippen LogP contribution in [-0.2, 0) is 22.7 Å². The van der Waals surface area contributed by atoms with Crippen molar-refractivity contribution in [1.82, 2.24) is 9.97 Å². The summed E-state index contributed by atoms with van der Waals surface area (Å²) < 4.78 is 10.3. The highest BCUT2D eigenvalue weighted by Gasteiger charge is 2.10. The molecule has 3 aromatic carbocycles. The van der Waals surface area contributed by atoms with Crippen LogP contribution in [0.25, 0.3) is 44.3 Å². The standard InChI is InChI=1S/C28H24N2O4/c1-33-15-17-3-7-19(8-4-17)23-13-27(31)21-12-26-22(11-25(21)29-23)28(32)14-24(30-26)20-9-5-18(6-10-20)16-34-2/h3-14H,15-16H2,1-2H3,(H,29,31)(H,30,32). The molecule has 0 radical (unpaired) electrons. The summed E-state index contributed by atoms with van der Waals surface area (Å²) >= 11 is 0. The lowest BCUT2D eigenvalue weighted by Crippen LogP contribution is -2.07. The lowest BCUT2D eigenvalue weighted by atomic mass is 10.0. The van der Waals surface area contributed by atoms with Gasteiger partial charge in [-0.3, -0.25) is 9.59 Å². The van der Waals surface area contributed by atoms with E-state index in [0.717, 1.165) is 22.3 Å². The van der Waals surface area contributed by atoms with E-state index in [-0.39, 0.29) is 10.9 Å². The first-order chi connectivity index (χ1) is 16.6. The topological polar surface area (TPSA) is 84.2 Å². The fraction of sp³-hybridized carbons (Fsp3) is 0.143. The molecule has 0 spiro atoms. The Kier molecular flexibility index (Phi) is 5.84. The van der Waals surface area contributed by atoms with E-state index in [2.05, 4.69) is 9.97 Å². The van der Waals surface area contributed by atoms with Crippen molar-refractivity contribution in [2.75, 3.05) is 14.2 Å². The lowest BCUT2D eigenvalue weighted by molar-refractivity contribution is 0.185. The van der Waals surface area contributed by atoms with Gasteiger partial charge in [-0.25, -0.2) is 0 Å². The van der Waals surface area contributed by atoms with Gasteiger partial charge in [0.15, 0.2) is 10.9 Å². The van der Waals surface area contributed by atoms with Gasteiger partial charge in [0.1, 0.15) is 0 Å². The third-order valence-electron chi connectivity index (χ3n) is 5.93. The molecule has 5 rings (SSSR count). The number of benzene rings is 3. The molecule has 5 aromatic rings. The molecule has 170 valence electrons. The molecule has 2 N–H and O–H groups in total. The summed E-state index contributed by atoms with van der Waals surface area (Å²) in [5.41, 5.74) is 6.31. The molecule has 0 aliphatic heterocycles.